The summed E-state index contributed by atoms with van der Waals surface area (Å²) < 4.78 is 11.1. The maximum atomic E-state index is 12.7. The van der Waals surface area contributed by atoms with Crippen LogP contribution >= 0.6 is 0 Å². The monoisotopic (exact) mass is 345 g/mol. The summed E-state index contributed by atoms with van der Waals surface area (Å²) in [5.41, 5.74) is 1.59. The minimum Gasteiger partial charge on any atom is -0.486 e. The van der Waals surface area contributed by atoms with Crippen molar-refractivity contribution >= 4 is 5.91 Å². The number of hydrogen-bond acceptors (Lipinski definition) is 5. The highest BCUT2D eigenvalue weighted by atomic mass is 16.5. The molecule has 0 radical (unpaired) electrons. The number of β-amino-alcohol motifs (C(OH)–C–C–N with tert-alkyl or cyclic N) is 1. The van der Waals surface area contributed by atoms with Crippen LogP contribution in [-0.4, -0.2) is 46.8 Å². The standard InChI is InChI=1S/C19H23NO5/c1-13-2-4-15(5-3-13)25-12-18-16(7-9-24-18)19(23)20-8-6-14(11-21)17(22)10-20/h2-5,7,9,14,17,21-22H,6,8,10-12H2,1H3/t14-,17+/m0/s1. The summed E-state index contributed by atoms with van der Waals surface area (Å²) in [6.45, 7) is 2.82. The molecule has 0 saturated carbocycles. The van der Waals surface area contributed by atoms with Crippen LogP contribution in [0.25, 0.3) is 0 Å². The lowest BCUT2D eigenvalue weighted by Crippen LogP contribution is -2.47. The third-order valence-electron chi connectivity index (χ3n) is 4.61. The summed E-state index contributed by atoms with van der Waals surface area (Å²) in [6.07, 6.45) is 1.34. The van der Waals surface area contributed by atoms with Crippen molar-refractivity contribution in [1.82, 2.24) is 4.90 Å². The minimum absolute atomic E-state index is 0.0649. The van der Waals surface area contributed by atoms with E-state index in [-0.39, 0.29) is 31.6 Å². The van der Waals surface area contributed by atoms with Gasteiger partial charge in [-0.05, 0) is 31.5 Å². The Morgan fingerprint density at radius 1 is 1.32 bits per heavy atom. The van der Waals surface area contributed by atoms with Crippen LogP contribution in [0.4, 0.5) is 0 Å². The van der Waals surface area contributed by atoms with Gasteiger partial charge >= 0.3 is 0 Å². The summed E-state index contributed by atoms with van der Waals surface area (Å²) in [7, 11) is 0. The van der Waals surface area contributed by atoms with Crippen LogP contribution in [0, 0.1) is 12.8 Å². The number of amides is 1. The van der Waals surface area contributed by atoms with Crippen molar-refractivity contribution in [2.75, 3.05) is 19.7 Å². The molecule has 6 heteroatoms. The molecule has 0 bridgehead atoms. The lowest BCUT2D eigenvalue weighted by molar-refractivity contribution is 0.000735. The number of furan rings is 1. The Balaban J connectivity index is 1.64. The van der Waals surface area contributed by atoms with E-state index < -0.39 is 6.10 Å². The van der Waals surface area contributed by atoms with Crippen LogP contribution in [0.1, 0.15) is 28.1 Å². The van der Waals surface area contributed by atoms with Crippen molar-refractivity contribution in [3.63, 3.8) is 0 Å². The Hall–Kier alpha value is -2.31. The van der Waals surface area contributed by atoms with Crippen LogP contribution in [0.2, 0.25) is 0 Å². The van der Waals surface area contributed by atoms with Crippen molar-refractivity contribution < 1.29 is 24.2 Å². The van der Waals surface area contributed by atoms with Gasteiger partial charge in [0.25, 0.3) is 5.91 Å². The Bertz CT molecular complexity index is 709. The first-order valence-electron chi connectivity index (χ1n) is 8.42. The fraction of sp³-hybridized carbons (Fsp3) is 0.421. The average molecular weight is 345 g/mol. The number of hydrogen-bond donors (Lipinski definition) is 2. The van der Waals surface area contributed by atoms with E-state index in [0.29, 0.717) is 30.0 Å². The second kappa shape index (κ2) is 7.72. The molecule has 25 heavy (non-hydrogen) atoms. The number of carbonyl (C=O) groups is 1. The Labute approximate surface area is 146 Å². The number of piperidine rings is 1. The number of likely N-dealkylation sites (tertiary alicyclic amines) is 1. The van der Waals surface area contributed by atoms with Crippen molar-refractivity contribution in [2.45, 2.75) is 26.1 Å². The van der Waals surface area contributed by atoms with Gasteiger partial charge in [0.1, 0.15) is 12.4 Å². The number of benzene rings is 1. The number of carbonyl (C=O) groups excluding carboxylic acids is 1. The number of nitrogens with zero attached hydrogens (tertiary/aromatic N) is 1. The zero-order valence-electron chi connectivity index (χ0n) is 14.2. The molecule has 3 rings (SSSR count). The summed E-state index contributed by atoms with van der Waals surface area (Å²) in [5, 5.41) is 19.2. The van der Waals surface area contributed by atoms with Crippen LogP contribution in [0.5, 0.6) is 5.75 Å². The smallest absolute Gasteiger partial charge is 0.257 e. The van der Waals surface area contributed by atoms with Gasteiger partial charge in [0.05, 0.1) is 17.9 Å². The topological polar surface area (TPSA) is 83.1 Å². The zero-order chi connectivity index (χ0) is 17.8. The molecule has 1 saturated heterocycles. The van der Waals surface area contributed by atoms with E-state index in [1.54, 1.807) is 11.0 Å². The SMILES string of the molecule is Cc1ccc(OCc2occc2C(=O)N2CC[C@@H](CO)[C@H](O)C2)cc1. The predicted octanol–water partition coefficient (Wildman–Crippen LogP) is 1.98. The molecule has 1 amide bonds. The highest BCUT2D eigenvalue weighted by molar-refractivity contribution is 5.95. The van der Waals surface area contributed by atoms with Gasteiger partial charge in [0, 0.05) is 25.6 Å². The first-order valence-corrected chi connectivity index (χ1v) is 8.42. The molecule has 6 nitrogen and oxygen atoms in total. The minimum atomic E-state index is -0.707. The summed E-state index contributed by atoms with van der Waals surface area (Å²) in [4.78, 5) is 14.3. The summed E-state index contributed by atoms with van der Waals surface area (Å²) in [6, 6.07) is 9.28. The number of aliphatic hydroxyl groups excluding tert-OH is 2. The summed E-state index contributed by atoms with van der Waals surface area (Å²) >= 11 is 0. The molecule has 1 aliphatic rings. The first kappa shape index (κ1) is 17.5. The van der Waals surface area contributed by atoms with E-state index >= 15 is 0 Å². The van der Waals surface area contributed by atoms with Crippen LogP contribution in [-0.2, 0) is 6.61 Å². The molecule has 1 aliphatic heterocycles. The molecule has 2 heterocycles. The molecule has 1 aromatic carbocycles. The number of ether oxygens (including phenoxy) is 1. The van der Waals surface area contributed by atoms with Crippen molar-refractivity contribution in [3.05, 3.63) is 53.5 Å². The van der Waals surface area contributed by atoms with E-state index in [1.807, 2.05) is 31.2 Å². The number of rotatable bonds is 5. The van der Waals surface area contributed by atoms with Gasteiger partial charge in [0.2, 0.25) is 0 Å². The second-order valence-corrected chi connectivity index (χ2v) is 6.41. The van der Waals surface area contributed by atoms with Gasteiger partial charge in [0.15, 0.2) is 5.76 Å². The quantitative estimate of drug-likeness (QED) is 0.866. The van der Waals surface area contributed by atoms with Gasteiger partial charge in [-0.1, -0.05) is 17.7 Å². The molecule has 0 spiro atoms. The van der Waals surface area contributed by atoms with E-state index in [4.69, 9.17) is 9.15 Å². The molecule has 1 aromatic heterocycles. The lowest BCUT2D eigenvalue weighted by Gasteiger charge is -2.35. The van der Waals surface area contributed by atoms with Gasteiger partial charge in [-0.25, -0.2) is 0 Å². The van der Waals surface area contributed by atoms with Crippen LogP contribution in [0.3, 0.4) is 0 Å². The largest absolute Gasteiger partial charge is 0.486 e. The lowest BCUT2D eigenvalue weighted by atomic mass is 9.94. The fourth-order valence-corrected chi connectivity index (χ4v) is 2.97. The van der Waals surface area contributed by atoms with E-state index in [9.17, 15) is 15.0 Å². The highest BCUT2D eigenvalue weighted by Crippen LogP contribution is 2.22. The van der Waals surface area contributed by atoms with E-state index in [0.717, 1.165) is 5.56 Å². The third-order valence-corrected chi connectivity index (χ3v) is 4.61. The number of aliphatic hydroxyl groups is 2. The molecular weight excluding hydrogens is 322 g/mol. The maximum absolute atomic E-state index is 12.7. The Kier molecular flexibility index (Phi) is 5.40. The normalized spacial score (nSPS) is 20.5. The molecule has 0 aliphatic carbocycles. The van der Waals surface area contributed by atoms with Gasteiger partial charge in [-0.3, -0.25) is 4.79 Å². The maximum Gasteiger partial charge on any atom is 0.257 e. The molecule has 2 N–H and O–H groups in total. The highest BCUT2D eigenvalue weighted by Gasteiger charge is 2.31. The Morgan fingerprint density at radius 3 is 2.76 bits per heavy atom. The molecule has 0 unspecified atom stereocenters. The van der Waals surface area contributed by atoms with Gasteiger partial charge < -0.3 is 24.3 Å². The number of aryl methyl sites for hydroxylation is 1. The third kappa shape index (κ3) is 4.03. The van der Waals surface area contributed by atoms with E-state index in [2.05, 4.69) is 0 Å². The Morgan fingerprint density at radius 2 is 2.08 bits per heavy atom. The van der Waals surface area contributed by atoms with E-state index in [1.165, 1.54) is 6.26 Å². The van der Waals surface area contributed by atoms with Gasteiger partial charge in [-0.2, -0.15) is 0 Å². The second-order valence-electron chi connectivity index (χ2n) is 6.41. The molecule has 2 atom stereocenters. The van der Waals surface area contributed by atoms with Crippen LogP contribution < -0.4 is 4.74 Å². The van der Waals surface area contributed by atoms with Crippen molar-refractivity contribution in [1.29, 1.82) is 0 Å². The summed E-state index contributed by atoms with van der Waals surface area (Å²) in [5.74, 6) is 0.813. The molecular formula is C19H23NO5. The van der Waals surface area contributed by atoms with Crippen molar-refractivity contribution in [2.24, 2.45) is 5.92 Å². The zero-order valence-corrected chi connectivity index (χ0v) is 14.2. The predicted molar refractivity (Wildman–Crippen MR) is 91.3 cm³/mol. The van der Waals surface area contributed by atoms with Crippen molar-refractivity contribution in [3.8, 4) is 5.75 Å². The molecule has 134 valence electrons. The molecule has 2 aromatic rings. The molecule has 1 fully saturated rings. The van der Waals surface area contributed by atoms with Crippen LogP contribution in [0.15, 0.2) is 41.0 Å². The van der Waals surface area contributed by atoms with Gasteiger partial charge in [-0.15, -0.1) is 0 Å². The fourth-order valence-electron chi connectivity index (χ4n) is 2.97. The average Bonchev–Trinajstić information content (AvgIpc) is 3.09. The first-order chi connectivity index (χ1) is 12.1.